The Bertz CT molecular complexity index is 814. The van der Waals surface area contributed by atoms with Crippen molar-refractivity contribution in [3.05, 3.63) is 12.7 Å². The van der Waals surface area contributed by atoms with E-state index < -0.39 is 0 Å². The minimum Gasteiger partial charge on any atom is -0.396 e. The van der Waals surface area contributed by atoms with Gasteiger partial charge in [0.1, 0.15) is 6.33 Å². The number of fused-ring (bicyclic) bond motifs is 1. The maximum atomic E-state index is 9.55. The molecular weight excluding hydrogens is 358 g/mol. The van der Waals surface area contributed by atoms with Crippen molar-refractivity contribution >= 4 is 17.0 Å². The van der Waals surface area contributed by atoms with Crippen molar-refractivity contribution in [3.8, 4) is 0 Å². The number of piperidine rings is 1. The van der Waals surface area contributed by atoms with E-state index in [-0.39, 0.29) is 24.7 Å². The summed E-state index contributed by atoms with van der Waals surface area (Å²) in [5.74, 6) is 1.58. The predicted molar refractivity (Wildman–Crippen MR) is 104 cm³/mol. The van der Waals surface area contributed by atoms with Crippen LogP contribution < -0.4 is 4.90 Å². The average molecular weight is 387 g/mol. The van der Waals surface area contributed by atoms with E-state index in [1.807, 2.05) is 6.33 Å². The summed E-state index contributed by atoms with van der Waals surface area (Å²) in [4.78, 5) is 16.0. The van der Waals surface area contributed by atoms with Crippen molar-refractivity contribution < 1.29 is 14.9 Å². The number of aliphatic hydroxyl groups excluding tert-OH is 2. The number of anilines is 1. The van der Waals surface area contributed by atoms with E-state index in [4.69, 9.17) is 4.74 Å². The average Bonchev–Trinajstić information content (AvgIpc) is 3.38. The lowest BCUT2D eigenvalue weighted by molar-refractivity contribution is -0.0421. The van der Waals surface area contributed by atoms with Gasteiger partial charge in [0.25, 0.3) is 0 Å². The smallest absolute Gasteiger partial charge is 0.165 e. The SMILES string of the molecule is OCC1(CO)CC(n2cnc3c(N4CCC(C5CCCO5)CC4)ncnc32)C1. The van der Waals surface area contributed by atoms with E-state index in [2.05, 4.69) is 24.4 Å². The van der Waals surface area contributed by atoms with Crippen molar-refractivity contribution in [2.75, 3.05) is 37.8 Å². The number of aromatic nitrogens is 4. The van der Waals surface area contributed by atoms with E-state index in [1.54, 1.807) is 6.33 Å². The Hall–Kier alpha value is -1.77. The number of hydrogen-bond acceptors (Lipinski definition) is 7. The van der Waals surface area contributed by atoms with E-state index in [0.29, 0.717) is 12.0 Å². The molecule has 0 aromatic carbocycles. The molecule has 28 heavy (non-hydrogen) atoms. The molecule has 3 aliphatic rings. The molecule has 8 heteroatoms. The van der Waals surface area contributed by atoms with Crippen LogP contribution in [0.1, 0.15) is 44.6 Å². The van der Waals surface area contributed by atoms with Crippen LogP contribution in [0.15, 0.2) is 12.7 Å². The number of aliphatic hydroxyl groups is 2. The molecule has 0 radical (unpaired) electrons. The molecule has 1 unspecified atom stereocenters. The second-order valence-electron chi connectivity index (χ2n) is 8.78. The monoisotopic (exact) mass is 387 g/mol. The van der Waals surface area contributed by atoms with Gasteiger partial charge in [-0.2, -0.15) is 0 Å². The van der Waals surface area contributed by atoms with Crippen molar-refractivity contribution in [2.45, 2.75) is 50.7 Å². The molecule has 8 nitrogen and oxygen atoms in total. The van der Waals surface area contributed by atoms with Crippen LogP contribution in [0.5, 0.6) is 0 Å². The molecule has 1 saturated carbocycles. The number of nitrogens with zero attached hydrogens (tertiary/aromatic N) is 5. The van der Waals surface area contributed by atoms with Crippen LogP contribution in [0.2, 0.25) is 0 Å². The van der Waals surface area contributed by atoms with Gasteiger partial charge in [0, 0.05) is 31.2 Å². The van der Waals surface area contributed by atoms with Gasteiger partial charge in [-0.15, -0.1) is 0 Å². The molecule has 2 aliphatic heterocycles. The standard InChI is InChI=1S/C20H29N5O3/c26-10-20(11-27)8-15(9-20)25-13-23-17-18(21-12-22-19(17)25)24-5-3-14(4-6-24)16-2-1-7-28-16/h12-16,26-27H,1-11H2. The Morgan fingerprint density at radius 1 is 1.07 bits per heavy atom. The molecule has 152 valence electrons. The summed E-state index contributed by atoms with van der Waals surface area (Å²) in [6.45, 7) is 2.92. The van der Waals surface area contributed by atoms with Crippen LogP contribution in [-0.2, 0) is 4.74 Å². The van der Waals surface area contributed by atoms with E-state index in [0.717, 1.165) is 62.4 Å². The summed E-state index contributed by atoms with van der Waals surface area (Å²) in [5, 5.41) is 19.1. The summed E-state index contributed by atoms with van der Waals surface area (Å²) in [7, 11) is 0. The molecule has 4 heterocycles. The summed E-state index contributed by atoms with van der Waals surface area (Å²) in [6.07, 6.45) is 10.1. The molecule has 0 bridgehead atoms. The van der Waals surface area contributed by atoms with Gasteiger partial charge in [-0.25, -0.2) is 15.0 Å². The largest absolute Gasteiger partial charge is 0.396 e. The molecule has 1 aliphatic carbocycles. The fourth-order valence-electron chi connectivity index (χ4n) is 5.24. The van der Waals surface area contributed by atoms with Crippen molar-refractivity contribution in [1.29, 1.82) is 0 Å². The molecule has 5 rings (SSSR count). The van der Waals surface area contributed by atoms with Crippen LogP contribution in [-0.4, -0.2) is 68.7 Å². The highest BCUT2D eigenvalue weighted by atomic mass is 16.5. The first-order chi connectivity index (χ1) is 13.7. The zero-order chi connectivity index (χ0) is 19.1. The quantitative estimate of drug-likeness (QED) is 0.803. The predicted octanol–water partition coefficient (Wildman–Crippen LogP) is 1.53. The Kier molecular flexibility index (Phi) is 4.72. The third-order valence-electron chi connectivity index (χ3n) is 7.07. The highest BCUT2D eigenvalue weighted by Gasteiger charge is 2.45. The number of imidazole rings is 1. The van der Waals surface area contributed by atoms with Gasteiger partial charge in [0.15, 0.2) is 17.0 Å². The van der Waals surface area contributed by atoms with Gasteiger partial charge in [-0.05, 0) is 44.4 Å². The minimum absolute atomic E-state index is 0.0204. The molecule has 2 aromatic rings. The first-order valence-electron chi connectivity index (χ1n) is 10.5. The Morgan fingerprint density at radius 3 is 2.54 bits per heavy atom. The lowest BCUT2D eigenvalue weighted by atomic mass is 9.66. The first-order valence-corrected chi connectivity index (χ1v) is 10.5. The second-order valence-corrected chi connectivity index (χ2v) is 8.78. The van der Waals surface area contributed by atoms with E-state index in [1.165, 1.54) is 12.8 Å². The highest BCUT2D eigenvalue weighted by molar-refractivity contribution is 5.83. The lowest BCUT2D eigenvalue weighted by Crippen LogP contribution is -2.44. The van der Waals surface area contributed by atoms with Crippen LogP contribution in [0.3, 0.4) is 0 Å². The molecule has 2 aromatic heterocycles. The van der Waals surface area contributed by atoms with Gasteiger partial charge in [0.2, 0.25) is 0 Å². The number of ether oxygens (including phenoxy) is 1. The van der Waals surface area contributed by atoms with Crippen molar-refractivity contribution in [2.24, 2.45) is 11.3 Å². The second kappa shape index (κ2) is 7.24. The van der Waals surface area contributed by atoms with Crippen molar-refractivity contribution in [1.82, 2.24) is 19.5 Å². The highest BCUT2D eigenvalue weighted by Crippen LogP contribution is 2.48. The fourth-order valence-corrected chi connectivity index (χ4v) is 5.24. The Morgan fingerprint density at radius 2 is 1.86 bits per heavy atom. The Balaban J connectivity index is 1.32. The first kappa shape index (κ1) is 18.3. The fraction of sp³-hybridized carbons (Fsp3) is 0.750. The van der Waals surface area contributed by atoms with Crippen LogP contribution in [0.25, 0.3) is 11.2 Å². The van der Waals surface area contributed by atoms with E-state index in [9.17, 15) is 10.2 Å². The van der Waals surface area contributed by atoms with Crippen LogP contribution in [0, 0.1) is 11.3 Å². The number of hydrogen-bond donors (Lipinski definition) is 2. The van der Waals surface area contributed by atoms with Crippen LogP contribution >= 0.6 is 0 Å². The summed E-state index contributed by atoms with van der Waals surface area (Å²) >= 11 is 0. The molecule has 1 atom stereocenters. The molecule has 2 saturated heterocycles. The third kappa shape index (κ3) is 2.98. The van der Waals surface area contributed by atoms with Gasteiger partial charge in [-0.3, -0.25) is 0 Å². The van der Waals surface area contributed by atoms with E-state index >= 15 is 0 Å². The minimum atomic E-state index is -0.360. The third-order valence-corrected chi connectivity index (χ3v) is 7.07. The van der Waals surface area contributed by atoms with Gasteiger partial charge < -0.3 is 24.4 Å². The maximum absolute atomic E-state index is 9.55. The molecule has 0 amide bonds. The molecule has 3 fully saturated rings. The molecular formula is C20H29N5O3. The zero-order valence-corrected chi connectivity index (χ0v) is 16.2. The van der Waals surface area contributed by atoms with Gasteiger partial charge >= 0.3 is 0 Å². The normalized spacial score (nSPS) is 26.1. The van der Waals surface area contributed by atoms with Gasteiger partial charge in [-0.1, -0.05) is 0 Å². The maximum Gasteiger partial charge on any atom is 0.165 e. The van der Waals surface area contributed by atoms with Gasteiger partial charge in [0.05, 0.1) is 25.6 Å². The summed E-state index contributed by atoms with van der Waals surface area (Å²) < 4.78 is 7.98. The van der Waals surface area contributed by atoms with Crippen LogP contribution in [0.4, 0.5) is 5.82 Å². The lowest BCUT2D eigenvalue weighted by Gasteiger charge is -2.45. The topological polar surface area (TPSA) is 96.5 Å². The molecule has 2 N–H and O–H groups in total. The summed E-state index contributed by atoms with van der Waals surface area (Å²) in [5.41, 5.74) is 1.34. The molecule has 0 spiro atoms. The van der Waals surface area contributed by atoms with Crippen molar-refractivity contribution in [3.63, 3.8) is 0 Å². The summed E-state index contributed by atoms with van der Waals surface area (Å²) in [6, 6.07) is 0.220. The zero-order valence-electron chi connectivity index (χ0n) is 16.2. The number of rotatable bonds is 5. The Labute approximate surface area is 164 Å².